The molecule has 3 aromatic rings. The number of para-hydroxylation sites is 3. The normalized spacial score (nSPS) is 17.6. The highest BCUT2D eigenvalue weighted by molar-refractivity contribution is 6.08. The van der Waals surface area contributed by atoms with E-state index in [0.717, 1.165) is 0 Å². The molecular weight excluding hydrogens is 420 g/mol. The molecule has 5 rings (SSSR count). The number of morpholine rings is 1. The van der Waals surface area contributed by atoms with E-state index in [1.54, 1.807) is 34.1 Å². The summed E-state index contributed by atoms with van der Waals surface area (Å²) in [5.74, 6) is 1.42. The summed E-state index contributed by atoms with van der Waals surface area (Å²) in [5, 5.41) is 0. The van der Waals surface area contributed by atoms with Gasteiger partial charge in [0.15, 0.2) is 6.10 Å². The molecule has 0 radical (unpaired) electrons. The molecule has 7 heteroatoms. The Hall–Kier alpha value is -3.84. The third-order valence-electron chi connectivity index (χ3n) is 5.68. The molecule has 1 fully saturated rings. The van der Waals surface area contributed by atoms with Crippen LogP contribution in [-0.2, 0) is 9.53 Å². The lowest BCUT2D eigenvalue weighted by Gasteiger charge is -2.37. The quantitative estimate of drug-likeness (QED) is 0.613. The van der Waals surface area contributed by atoms with E-state index in [2.05, 4.69) is 0 Å². The molecule has 2 amide bonds. The second kappa shape index (κ2) is 9.34. The molecule has 0 N–H and O–H groups in total. The summed E-state index contributed by atoms with van der Waals surface area (Å²) in [6.07, 6.45) is -0.772. The molecule has 0 saturated carbocycles. The first-order valence-corrected chi connectivity index (χ1v) is 11.0. The molecule has 2 aliphatic rings. The van der Waals surface area contributed by atoms with Crippen LogP contribution in [0, 0.1) is 0 Å². The van der Waals surface area contributed by atoms with Gasteiger partial charge in [-0.1, -0.05) is 36.4 Å². The minimum absolute atomic E-state index is 0.133. The van der Waals surface area contributed by atoms with Gasteiger partial charge in [0.1, 0.15) is 17.2 Å². The van der Waals surface area contributed by atoms with Gasteiger partial charge < -0.3 is 24.0 Å². The third-order valence-corrected chi connectivity index (χ3v) is 5.68. The topological polar surface area (TPSA) is 68.3 Å². The number of carbonyl (C=O) groups is 2. The zero-order chi connectivity index (χ0) is 22.6. The van der Waals surface area contributed by atoms with Crippen molar-refractivity contribution in [3.8, 4) is 17.2 Å². The van der Waals surface area contributed by atoms with Crippen LogP contribution >= 0.6 is 0 Å². The molecule has 33 heavy (non-hydrogen) atoms. The largest absolute Gasteiger partial charge is 0.476 e. The number of amides is 2. The Bertz CT molecular complexity index is 1140. The second-order valence-electron chi connectivity index (χ2n) is 7.87. The molecule has 3 aromatic carbocycles. The van der Waals surface area contributed by atoms with E-state index in [1.807, 2.05) is 54.6 Å². The van der Waals surface area contributed by atoms with Gasteiger partial charge in [-0.15, -0.1) is 0 Å². The standard InChI is InChI=1S/C26H24N2O5/c29-25(19-7-6-10-21(17-19)32-20-8-2-1-3-9-20)28-18-24(26(30)27-13-15-31-16-14-27)33-23-12-5-4-11-22(23)28/h1-12,17,24H,13-16,18H2/t24-/m0/s1. The highest BCUT2D eigenvalue weighted by Gasteiger charge is 2.36. The van der Waals surface area contributed by atoms with E-state index in [0.29, 0.717) is 54.8 Å². The Kier molecular flexibility index (Phi) is 5.95. The van der Waals surface area contributed by atoms with Gasteiger partial charge >= 0.3 is 0 Å². The fourth-order valence-corrected chi connectivity index (χ4v) is 4.02. The monoisotopic (exact) mass is 444 g/mol. The zero-order valence-corrected chi connectivity index (χ0v) is 18.1. The van der Waals surface area contributed by atoms with Crippen LogP contribution in [0.5, 0.6) is 17.2 Å². The van der Waals surface area contributed by atoms with Crippen molar-refractivity contribution in [1.82, 2.24) is 4.90 Å². The maximum atomic E-state index is 13.6. The molecule has 1 atom stereocenters. The van der Waals surface area contributed by atoms with Gasteiger partial charge in [0.2, 0.25) is 0 Å². The van der Waals surface area contributed by atoms with E-state index in [1.165, 1.54) is 0 Å². The smallest absolute Gasteiger partial charge is 0.265 e. The van der Waals surface area contributed by atoms with Gasteiger partial charge in [0.25, 0.3) is 11.8 Å². The molecule has 0 spiro atoms. The molecule has 168 valence electrons. The summed E-state index contributed by atoms with van der Waals surface area (Å²) in [5.41, 5.74) is 1.11. The number of anilines is 1. The summed E-state index contributed by atoms with van der Waals surface area (Å²) in [6.45, 7) is 2.19. The van der Waals surface area contributed by atoms with Crippen molar-refractivity contribution in [3.63, 3.8) is 0 Å². The van der Waals surface area contributed by atoms with E-state index in [-0.39, 0.29) is 18.4 Å². The minimum atomic E-state index is -0.772. The van der Waals surface area contributed by atoms with Crippen molar-refractivity contribution < 1.29 is 23.8 Å². The molecule has 2 heterocycles. The second-order valence-corrected chi connectivity index (χ2v) is 7.87. The first kappa shape index (κ1) is 21.0. The van der Waals surface area contributed by atoms with E-state index in [9.17, 15) is 9.59 Å². The summed E-state index contributed by atoms with van der Waals surface area (Å²) in [7, 11) is 0. The molecule has 1 saturated heterocycles. The van der Waals surface area contributed by atoms with Gasteiger partial charge in [0, 0.05) is 18.7 Å². The van der Waals surface area contributed by atoms with Crippen molar-refractivity contribution in [2.24, 2.45) is 0 Å². The van der Waals surface area contributed by atoms with Crippen LogP contribution < -0.4 is 14.4 Å². The van der Waals surface area contributed by atoms with Crippen molar-refractivity contribution in [3.05, 3.63) is 84.4 Å². The lowest BCUT2D eigenvalue weighted by atomic mass is 10.1. The van der Waals surface area contributed by atoms with Gasteiger partial charge in [0.05, 0.1) is 25.4 Å². The Balaban J connectivity index is 1.40. The molecule has 0 bridgehead atoms. The zero-order valence-electron chi connectivity index (χ0n) is 18.1. The average Bonchev–Trinajstić information content (AvgIpc) is 2.88. The van der Waals surface area contributed by atoms with E-state index >= 15 is 0 Å². The number of nitrogens with zero attached hydrogens (tertiary/aromatic N) is 2. The Morgan fingerprint density at radius 1 is 0.848 bits per heavy atom. The van der Waals surface area contributed by atoms with Crippen LogP contribution in [0.1, 0.15) is 10.4 Å². The lowest BCUT2D eigenvalue weighted by Crippen LogP contribution is -2.54. The highest BCUT2D eigenvalue weighted by atomic mass is 16.5. The molecule has 0 unspecified atom stereocenters. The fraction of sp³-hybridized carbons (Fsp3) is 0.231. The predicted molar refractivity (Wildman–Crippen MR) is 123 cm³/mol. The first-order chi connectivity index (χ1) is 16.2. The maximum Gasteiger partial charge on any atom is 0.265 e. The lowest BCUT2D eigenvalue weighted by molar-refractivity contribution is -0.142. The maximum absolute atomic E-state index is 13.6. The fourth-order valence-electron chi connectivity index (χ4n) is 4.02. The summed E-state index contributed by atoms with van der Waals surface area (Å²) in [6, 6.07) is 23.7. The van der Waals surface area contributed by atoms with Crippen LogP contribution in [-0.4, -0.2) is 55.7 Å². The predicted octanol–water partition coefficient (Wildman–Crippen LogP) is 3.75. The Morgan fingerprint density at radius 3 is 2.39 bits per heavy atom. The third kappa shape index (κ3) is 4.54. The van der Waals surface area contributed by atoms with Crippen LogP contribution in [0.4, 0.5) is 5.69 Å². The van der Waals surface area contributed by atoms with Gasteiger partial charge in [-0.05, 0) is 42.5 Å². The van der Waals surface area contributed by atoms with Crippen molar-refractivity contribution in [2.45, 2.75) is 6.10 Å². The van der Waals surface area contributed by atoms with Crippen LogP contribution in [0.2, 0.25) is 0 Å². The number of carbonyl (C=O) groups excluding carboxylic acids is 2. The van der Waals surface area contributed by atoms with Crippen molar-refractivity contribution in [1.29, 1.82) is 0 Å². The number of ether oxygens (including phenoxy) is 3. The van der Waals surface area contributed by atoms with Gasteiger partial charge in [-0.2, -0.15) is 0 Å². The SMILES string of the molecule is O=C([C@@H]1CN(C(=O)c2cccc(Oc3ccccc3)c2)c2ccccc2O1)N1CCOCC1. The first-order valence-electron chi connectivity index (χ1n) is 11.0. The van der Waals surface area contributed by atoms with Gasteiger partial charge in [-0.25, -0.2) is 0 Å². The molecule has 2 aliphatic heterocycles. The van der Waals surface area contributed by atoms with E-state index in [4.69, 9.17) is 14.2 Å². The number of benzene rings is 3. The Morgan fingerprint density at radius 2 is 1.58 bits per heavy atom. The number of fused-ring (bicyclic) bond motifs is 1. The summed E-state index contributed by atoms with van der Waals surface area (Å²) in [4.78, 5) is 30.0. The number of hydrogen-bond donors (Lipinski definition) is 0. The van der Waals surface area contributed by atoms with Crippen LogP contribution in [0.15, 0.2) is 78.9 Å². The molecular formula is C26H24N2O5. The number of hydrogen-bond acceptors (Lipinski definition) is 5. The van der Waals surface area contributed by atoms with Crippen molar-refractivity contribution >= 4 is 17.5 Å². The number of rotatable bonds is 4. The summed E-state index contributed by atoms with van der Waals surface area (Å²) >= 11 is 0. The molecule has 0 aromatic heterocycles. The minimum Gasteiger partial charge on any atom is -0.476 e. The summed E-state index contributed by atoms with van der Waals surface area (Å²) < 4.78 is 17.3. The molecule has 7 nitrogen and oxygen atoms in total. The van der Waals surface area contributed by atoms with Crippen molar-refractivity contribution in [2.75, 3.05) is 37.7 Å². The molecule has 0 aliphatic carbocycles. The Labute approximate surface area is 192 Å². The van der Waals surface area contributed by atoms with Gasteiger partial charge in [-0.3, -0.25) is 9.59 Å². The van der Waals surface area contributed by atoms with E-state index < -0.39 is 6.10 Å². The van der Waals surface area contributed by atoms with Crippen LogP contribution in [0.3, 0.4) is 0 Å². The average molecular weight is 444 g/mol. The highest BCUT2D eigenvalue weighted by Crippen LogP contribution is 2.35. The van der Waals surface area contributed by atoms with Crippen LogP contribution in [0.25, 0.3) is 0 Å².